The predicted octanol–water partition coefficient (Wildman–Crippen LogP) is 1.43. The van der Waals surface area contributed by atoms with E-state index in [-0.39, 0.29) is 11.3 Å². The van der Waals surface area contributed by atoms with Gasteiger partial charge in [0.2, 0.25) is 5.91 Å². The van der Waals surface area contributed by atoms with Crippen molar-refractivity contribution in [1.29, 1.82) is 0 Å². The van der Waals surface area contributed by atoms with Crippen LogP contribution in [-0.4, -0.2) is 23.9 Å². The van der Waals surface area contributed by atoms with E-state index in [1.807, 2.05) is 11.9 Å². The zero-order valence-corrected chi connectivity index (χ0v) is 8.09. The smallest absolute Gasteiger partial charge is 0.232 e. The van der Waals surface area contributed by atoms with Gasteiger partial charge in [0.15, 0.2) is 0 Å². The Morgan fingerprint density at radius 1 is 1.42 bits per heavy atom. The van der Waals surface area contributed by atoms with Crippen LogP contribution in [0.3, 0.4) is 0 Å². The first kappa shape index (κ1) is 7.84. The highest BCUT2D eigenvalue weighted by Crippen LogP contribution is 2.48. The molecule has 66 valence electrons. The van der Waals surface area contributed by atoms with Gasteiger partial charge >= 0.3 is 0 Å². The van der Waals surface area contributed by atoms with Crippen molar-refractivity contribution in [2.45, 2.75) is 26.8 Å². The third-order valence-corrected chi connectivity index (χ3v) is 2.95. The fourth-order valence-electron chi connectivity index (χ4n) is 2.06. The van der Waals surface area contributed by atoms with Gasteiger partial charge in [-0.25, -0.2) is 0 Å². The molecular weight excluding hydrogens is 150 g/mol. The van der Waals surface area contributed by atoms with E-state index in [0.29, 0.717) is 11.9 Å². The maximum Gasteiger partial charge on any atom is 0.232 e. The second-order valence-electron chi connectivity index (χ2n) is 4.79. The summed E-state index contributed by atoms with van der Waals surface area (Å²) in [6.45, 7) is 6.50. The number of likely N-dealkylation sites (N-methyl/N-ethyl adjacent to an activating group) is 1. The number of hydrogen-bond acceptors (Lipinski definition) is 1. The maximum atomic E-state index is 11.4. The van der Waals surface area contributed by atoms with Crippen molar-refractivity contribution in [1.82, 2.24) is 4.90 Å². The molecule has 2 rings (SSSR count). The molecule has 1 amide bonds. The molecule has 0 N–H and O–H groups in total. The number of likely N-dealkylation sites (tertiary alicyclic amines) is 1. The van der Waals surface area contributed by atoms with Crippen LogP contribution in [0.2, 0.25) is 0 Å². The normalized spacial score (nSPS) is 33.5. The van der Waals surface area contributed by atoms with Gasteiger partial charge in [0.05, 0.1) is 12.0 Å². The zero-order chi connectivity index (χ0) is 9.09. The van der Waals surface area contributed by atoms with Gasteiger partial charge in [-0.1, -0.05) is 32.4 Å². The highest BCUT2D eigenvalue weighted by Gasteiger charge is 2.54. The van der Waals surface area contributed by atoms with Crippen LogP contribution in [-0.2, 0) is 4.79 Å². The molecule has 1 heterocycles. The van der Waals surface area contributed by atoms with Gasteiger partial charge in [-0.05, 0) is 5.41 Å². The molecule has 1 aliphatic heterocycles. The van der Waals surface area contributed by atoms with Gasteiger partial charge < -0.3 is 4.90 Å². The average molecular weight is 165 g/mol. The number of amides is 1. The third-order valence-electron chi connectivity index (χ3n) is 2.95. The Kier molecular flexibility index (Phi) is 1.26. The largest absolute Gasteiger partial charge is 0.338 e. The van der Waals surface area contributed by atoms with Crippen LogP contribution < -0.4 is 0 Å². The fraction of sp³-hybridized carbons (Fsp3) is 0.700. The molecule has 0 radical (unpaired) electrons. The lowest BCUT2D eigenvalue weighted by Crippen LogP contribution is -2.64. The Hall–Kier alpha value is -0.790. The molecule has 1 fully saturated rings. The van der Waals surface area contributed by atoms with Gasteiger partial charge in [-0.2, -0.15) is 0 Å². The molecular formula is C10H15NO. The monoisotopic (exact) mass is 165 g/mol. The van der Waals surface area contributed by atoms with E-state index in [9.17, 15) is 4.79 Å². The first-order valence-corrected chi connectivity index (χ1v) is 4.42. The second-order valence-corrected chi connectivity index (χ2v) is 4.79. The van der Waals surface area contributed by atoms with Crippen LogP contribution in [0.4, 0.5) is 0 Å². The Morgan fingerprint density at radius 3 is 2.42 bits per heavy atom. The van der Waals surface area contributed by atoms with Crippen molar-refractivity contribution < 1.29 is 4.79 Å². The fourth-order valence-corrected chi connectivity index (χ4v) is 2.06. The first-order valence-electron chi connectivity index (χ1n) is 4.42. The van der Waals surface area contributed by atoms with Crippen molar-refractivity contribution in [3.8, 4) is 0 Å². The number of hydrogen-bond donors (Lipinski definition) is 0. The average Bonchev–Trinajstić information content (AvgIpc) is 1.82. The van der Waals surface area contributed by atoms with E-state index in [1.54, 1.807) is 0 Å². The molecule has 0 aromatic carbocycles. The zero-order valence-electron chi connectivity index (χ0n) is 8.09. The Labute approximate surface area is 73.2 Å². The molecule has 2 heteroatoms. The molecule has 2 aliphatic rings. The Bertz CT molecular complexity index is 272. The van der Waals surface area contributed by atoms with E-state index in [0.717, 1.165) is 0 Å². The minimum atomic E-state index is 0.179. The number of carbonyl (C=O) groups excluding carboxylic acids is 1. The summed E-state index contributed by atoms with van der Waals surface area (Å²) in [7, 11) is 1.87. The van der Waals surface area contributed by atoms with E-state index in [2.05, 4.69) is 26.8 Å². The van der Waals surface area contributed by atoms with Crippen LogP contribution in [0.15, 0.2) is 11.6 Å². The Balaban J connectivity index is 2.22. The van der Waals surface area contributed by atoms with Crippen LogP contribution >= 0.6 is 0 Å². The van der Waals surface area contributed by atoms with Gasteiger partial charge in [0.25, 0.3) is 0 Å². The summed E-state index contributed by atoms with van der Waals surface area (Å²) < 4.78 is 0. The lowest BCUT2D eigenvalue weighted by atomic mass is 9.62. The molecule has 0 saturated carbocycles. The van der Waals surface area contributed by atoms with E-state index in [1.165, 1.54) is 5.57 Å². The number of carbonyl (C=O) groups is 1. The lowest BCUT2D eigenvalue weighted by molar-refractivity contribution is -0.151. The van der Waals surface area contributed by atoms with Crippen LogP contribution in [0.1, 0.15) is 20.8 Å². The summed E-state index contributed by atoms with van der Waals surface area (Å²) in [6.07, 6.45) is 2.23. The molecule has 2 unspecified atom stereocenters. The molecule has 2 nitrogen and oxygen atoms in total. The van der Waals surface area contributed by atoms with Crippen molar-refractivity contribution in [3.63, 3.8) is 0 Å². The first-order chi connectivity index (χ1) is 5.43. The minimum Gasteiger partial charge on any atom is -0.338 e. The third kappa shape index (κ3) is 0.728. The quantitative estimate of drug-likeness (QED) is 0.393. The van der Waals surface area contributed by atoms with Crippen molar-refractivity contribution >= 4 is 5.91 Å². The van der Waals surface area contributed by atoms with E-state index >= 15 is 0 Å². The standard InChI is InChI=1S/C10H15NO/c1-10(2,3)6-5-7-8(6)9(12)11(7)4/h5,7-8H,1-4H3. The van der Waals surface area contributed by atoms with E-state index in [4.69, 9.17) is 0 Å². The Morgan fingerprint density at radius 2 is 2.00 bits per heavy atom. The van der Waals surface area contributed by atoms with E-state index < -0.39 is 0 Å². The van der Waals surface area contributed by atoms with Crippen LogP contribution in [0.25, 0.3) is 0 Å². The van der Waals surface area contributed by atoms with Crippen molar-refractivity contribution in [2.24, 2.45) is 11.3 Å². The highest BCUT2D eigenvalue weighted by molar-refractivity contribution is 5.92. The van der Waals surface area contributed by atoms with Crippen LogP contribution in [0.5, 0.6) is 0 Å². The molecule has 0 aromatic heterocycles. The molecule has 1 aliphatic carbocycles. The predicted molar refractivity (Wildman–Crippen MR) is 47.6 cm³/mol. The number of rotatable bonds is 0. The molecule has 0 aromatic rings. The summed E-state index contributed by atoms with van der Waals surface area (Å²) in [4.78, 5) is 13.2. The SMILES string of the molecule is CN1C(=O)C2C(C(C)(C)C)=CC21. The molecule has 12 heavy (non-hydrogen) atoms. The number of fused-ring (bicyclic) bond motifs is 1. The topological polar surface area (TPSA) is 20.3 Å². The molecule has 1 saturated heterocycles. The van der Waals surface area contributed by atoms with Crippen LogP contribution in [0, 0.1) is 11.3 Å². The van der Waals surface area contributed by atoms with Crippen molar-refractivity contribution in [2.75, 3.05) is 7.05 Å². The summed E-state index contributed by atoms with van der Waals surface area (Å²) in [5, 5.41) is 0. The second kappa shape index (κ2) is 1.93. The lowest BCUT2D eigenvalue weighted by Gasteiger charge is -2.54. The molecule has 2 atom stereocenters. The van der Waals surface area contributed by atoms with Gasteiger partial charge in [-0.15, -0.1) is 0 Å². The van der Waals surface area contributed by atoms with Crippen molar-refractivity contribution in [3.05, 3.63) is 11.6 Å². The van der Waals surface area contributed by atoms with Gasteiger partial charge in [0, 0.05) is 7.05 Å². The van der Waals surface area contributed by atoms with Gasteiger partial charge in [0.1, 0.15) is 0 Å². The van der Waals surface area contributed by atoms with Gasteiger partial charge in [-0.3, -0.25) is 4.79 Å². The molecule has 0 spiro atoms. The maximum absolute atomic E-state index is 11.4. The highest BCUT2D eigenvalue weighted by atomic mass is 16.2. The molecule has 0 bridgehead atoms. The summed E-state index contributed by atoms with van der Waals surface area (Å²) in [5.41, 5.74) is 1.51. The number of nitrogens with zero attached hydrogens (tertiary/aromatic N) is 1. The number of β-lactam (4-membered cyclic amide) rings is 1. The summed E-state index contributed by atoms with van der Waals surface area (Å²) >= 11 is 0. The summed E-state index contributed by atoms with van der Waals surface area (Å²) in [6, 6.07) is 0.423. The minimum absolute atomic E-state index is 0.179. The summed E-state index contributed by atoms with van der Waals surface area (Å²) in [5.74, 6) is 0.530.